The number of fused-ring (bicyclic) bond motifs is 1. The van der Waals surface area contributed by atoms with Crippen molar-refractivity contribution in [2.75, 3.05) is 0 Å². The van der Waals surface area contributed by atoms with Crippen LogP contribution < -0.4 is 11.5 Å². The summed E-state index contributed by atoms with van der Waals surface area (Å²) in [5.74, 6) is -0.577. The molecule has 0 saturated carbocycles. The summed E-state index contributed by atoms with van der Waals surface area (Å²) in [7, 11) is 0. The number of aryl methyl sites for hydroxylation is 2. The monoisotopic (exact) mass is 247 g/mol. The molecule has 0 radical (unpaired) electrons. The number of carbonyl (C=O) groups is 1. The molecule has 0 bridgehead atoms. The van der Waals surface area contributed by atoms with Gasteiger partial charge in [0.1, 0.15) is 0 Å². The number of hydrogen-bond donors (Lipinski definition) is 2. The number of aliphatic imine (C=N–C) groups is 1. The maximum Gasteiger partial charge on any atom is 0.290 e. The maximum atomic E-state index is 11.8. The summed E-state index contributed by atoms with van der Waals surface area (Å²) in [4.78, 5) is 16.0. The van der Waals surface area contributed by atoms with Gasteiger partial charge in [0.2, 0.25) is 0 Å². The molecule has 4 nitrogen and oxygen atoms in total. The molecule has 5 heteroatoms. The largest absolute Gasteiger partial charge is 0.370 e. The van der Waals surface area contributed by atoms with Crippen LogP contribution in [0.25, 0.3) is 10.1 Å². The van der Waals surface area contributed by atoms with E-state index in [1.807, 2.05) is 32.0 Å². The SMILES string of the molecule is Cc1cccc2sc(C(=O)N=C(N)N)c(C)c12. The first-order chi connectivity index (χ1) is 8.00. The summed E-state index contributed by atoms with van der Waals surface area (Å²) < 4.78 is 1.08. The minimum absolute atomic E-state index is 0.205. The van der Waals surface area contributed by atoms with Crippen LogP contribution in [0.2, 0.25) is 0 Å². The number of rotatable bonds is 1. The van der Waals surface area contributed by atoms with Gasteiger partial charge in [-0.15, -0.1) is 11.3 Å². The zero-order chi connectivity index (χ0) is 12.6. The number of nitrogens with two attached hydrogens (primary N) is 2. The van der Waals surface area contributed by atoms with E-state index in [9.17, 15) is 4.79 Å². The third kappa shape index (κ3) is 2.01. The van der Waals surface area contributed by atoms with E-state index in [1.165, 1.54) is 11.3 Å². The van der Waals surface area contributed by atoms with Crippen molar-refractivity contribution in [2.45, 2.75) is 13.8 Å². The molecule has 0 fully saturated rings. The highest BCUT2D eigenvalue weighted by Gasteiger charge is 2.15. The molecule has 1 amide bonds. The fraction of sp³-hybridized carbons (Fsp3) is 0.167. The molecule has 2 rings (SSSR count). The highest BCUT2D eigenvalue weighted by atomic mass is 32.1. The molecule has 0 atom stereocenters. The van der Waals surface area contributed by atoms with Gasteiger partial charge in [0, 0.05) is 4.70 Å². The van der Waals surface area contributed by atoms with Crippen molar-refractivity contribution in [1.82, 2.24) is 0 Å². The predicted octanol–water partition coefficient (Wildman–Crippen LogP) is 1.93. The van der Waals surface area contributed by atoms with E-state index >= 15 is 0 Å². The van der Waals surface area contributed by atoms with Gasteiger partial charge < -0.3 is 11.5 Å². The van der Waals surface area contributed by atoms with Gasteiger partial charge in [-0.25, -0.2) is 0 Å². The summed E-state index contributed by atoms with van der Waals surface area (Å²) in [5.41, 5.74) is 12.5. The Hall–Kier alpha value is -1.88. The van der Waals surface area contributed by atoms with Crippen LogP contribution in [0.3, 0.4) is 0 Å². The first-order valence-corrected chi connectivity index (χ1v) is 5.95. The molecule has 17 heavy (non-hydrogen) atoms. The molecule has 1 aromatic carbocycles. The third-order valence-electron chi connectivity index (χ3n) is 2.59. The molecule has 1 aromatic heterocycles. The summed E-state index contributed by atoms with van der Waals surface area (Å²) in [6, 6.07) is 5.99. The molecule has 4 N–H and O–H groups in total. The van der Waals surface area contributed by atoms with Crippen LogP contribution in [0.4, 0.5) is 0 Å². The lowest BCUT2D eigenvalue weighted by Gasteiger charge is -1.97. The summed E-state index contributed by atoms with van der Waals surface area (Å²) in [6.07, 6.45) is 0. The van der Waals surface area contributed by atoms with Crippen LogP contribution in [0.1, 0.15) is 20.8 Å². The smallest absolute Gasteiger partial charge is 0.290 e. The fourth-order valence-electron chi connectivity index (χ4n) is 1.88. The van der Waals surface area contributed by atoms with Crippen LogP contribution in [-0.2, 0) is 0 Å². The van der Waals surface area contributed by atoms with Gasteiger partial charge in [0.25, 0.3) is 5.91 Å². The highest BCUT2D eigenvalue weighted by Crippen LogP contribution is 2.33. The topological polar surface area (TPSA) is 81.5 Å². The number of carbonyl (C=O) groups excluding carboxylic acids is 1. The Morgan fingerprint density at radius 3 is 2.59 bits per heavy atom. The van der Waals surface area contributed by atoms with E-state index in [2.05, 4.69) is 4.99 Å². The van der Waals surface area contributed by atoms with Crippen molar-refractivity contribution < 1.29 is 4.79 Å². The Morgan fingerprint density at radius 1 is 1.29 bits per heavy atom. The lowest BCUT2D eigenvalue weighted by molar-refractivity contribution is 0.101. The van der Waals surface area contributed by atoms with Gasteiger partial charge in [-0.3, -0.25) is 4.79 Å². The second kappa shape index (κ2) is 4.18. The lowest BCUT2D eigenvalue weighted by atomic mass is 10.1. The van der Waals surface area contributed by atoms with Gasteiger partial charge >= 0.3 is 0 Å². The molecule has 0 aliphatic rings. The molecular formula is C12H13N3OS. The molecular weight excluding hydrogens is 234 g/mol. The van der Waals surface area contributed by atoms with Crippen molar-refractivity contribution in [1.29, 1.82) is 0 Å². The fourth-order valence-corrected chi connectivity index (χ4v) is 3.05. The Bertz CT molecular complexity index is 624. The van der Waals surface area contributed by atoms with Gasteiger partial charge in [-0.2, -0.15) is 4.99 Å². The average Bonchev–Trinajstić information content (AvgIpc) is 2.56. The highest BCUT2D eigenvalue weighted by molar-refractivity contribution is 7.21. The lowest BCUT2D eigenvalue weighted by Crippen LogP contribution is -2.24. The van der Waals surface area contributed by atoms with Crippen molar-refractivity contribution in [3.63, 3.8) is 0 Å². The number of thiophene rings is 1. The molecule has 0 aliphatic heterocycles. The first kappa shape index (κ1) is 11.6. The quantitative estimate of drug-likeness (QED) is 0.596. The minimum Gasteiger partial charge on any atom is -0.370 e. The Kier molecular flexibility index (Phi) is 2.85. The molecule has 0 unspecified atom stereocenters. The van der Waals surface area contributed by atoms with Crippen LogP contribution in [0, 0.1) is 13.8 Å². The summed E-state index contributed by atoms with van der Waals surface area (Å²) in [6.45, 7) is 3.94. The van der Waals surface area contributed by atoms with E-state index in [0.717, 1.165) is 21.2 Å². The number of benzene rings is 1. The summed E-state index contributed by atoms with van der Waals surface area (Å²) in [5, 5.41) is 1.12. The van der Waals surface area contributed by atoms with E-state index in [1.54, 1.807) is 0 Å². The van der Waals surface area contributed by atoms with E-state index in [4.69, 9.17) is 11.5 Å². The van der Waals surface area contributed by atoms with Crippen molar-refractivity contribution in [3.8, 4) is 0 Å². The van der Waals surface area contributed by atoms with Gasteiger partial charge in [0.15, 0.2) is 5.96 Å². The number of nitrogens with zero attached hydrogens (tertiary/aromatic N) is 1. The van der Waals surface area contributed by atoms with Crippen LogP contribution in [0.15, 0.2) is 23.2 Å². The van der Waals surface area contributed by atoms with E-state index < -0.39 is 0 Å². The minimum atomic E-state index is -0.372. The molecule has 2 aromatic rings. The standard InChI is InChI=1S/C12H13N3OS/c1-6-4-3-5-8-9(6)7(2)10(17-8)11(16)15-12(13)14/h3-5H,1-2H3,(H4,13,14,15,16). The van der Waals surface area contributed by atoms with Crippen LogP contribution in [-0.4, -0.2) is 11.9 Å². The first-order valence-electron chi connectivity index (χ1n) is 5.13. The average molecular weight is 247 g/mol. The van der Waals surface area contributed by atoms with Crippen LogP contribution >= 0.6 is 11.3 Å². The second-order valence-corrected chi connectivity index (χ2v) is 4.90. The Morgan fingerprint density at radius 2 is 2.00 bits per heavy atom. The molecule has 0 spiro atoms. The maximum absolute atomic E-state index is 11.8. The Balaban J connectivity index is 2.65. The third-order valence-corrected chi connectivity index (χ3v) is 3.83. The molecule has 0 aliphatic carbocycles. The van der Waals surface area contributed by atoms with E-state index in [0.29, 0.717) is 4.88 Å². The number of hydrogen-bond acceptors (Lipinski definition) is 2. The molecule has 1 heterocycles. The molecule has 0 saturated heterocycles. The predicted molar refractivity (Wildman–Crippen MR) is 71.4 cm³/mol. The molecule has 88 valence electrons. The Labute approximate surface area is 103 Å². The number of amides is 1. The summed E-state index contributed by atoms with van der Waals surface area (Å²) >= 11 is 1.42. The normalized spacial score (nSPS) is 10.5. The van der Waals surface area contributed by atoms with Crippen LogP contribution in [0.5, 0.6) is 0 Å². The van der Waals surface area contributed by atoms with Gasteiger partial charge in [-0.05, 0) is 36.4 Å². The van der Waals surface area contributed by atoms with Gasteiger partial charge in [-0.1, -0.05) is 12.1 Å². The second-order valence-electron chi connectivity index (χ2n) is 3.85. The number of guanidine groups is 1. The van der Waals surface area contributed by atoms with Crippen molar-refractivity contribution >= 4 is 33.3 Å². The zero-order valence-electron chi connectivity index (χ0n) is 9.65. The van der Waals surface area contributed by atoms with Crippen molar-refractivity contribution in [3.05, 3.63) is 34.2 Å². The van der Waals surface area contributed by atoms with Crippen molar-refractivity contribution in [2.24, 2.45) is 16.5 Å². The van der Waals surface area contributed by atoms with Gasteiger partial charge in [0.05, 0.1) is 4.88 Å². The van der Waals surface area contributed by atoms with E-state index in [-0.39, 0.29) is 11.9 Å². The zero-order valence-corrected chi connectivity index (χ0v) is 10.5.